The average Bonchev–Trinajstić information content (AvgIpc) is 3.20. The van der Waals surface area contributed by atoms with Crippen LogP contribution in [0.4, 0.5) is 0 Å². The summed E-state index contributed by atoms with van der Waals surface area (Å²) in [6, 6.07) is 0.0914. The fourth-order valence-electron chi connectivity index (χ4n) is 3.48. The number of thiazole rings is 1. The molecule has 128 valence electrons. The zero-order chi connectivity index (χ0) is 16.4. The fraction of sp³-hybridized carbons (Fsp3) is 0.733. The molecule has 8 heteroatoms. The molecule has 2 heterocycles. The fourth-order valence-corrected chi connectivity index (χ4v) is 6.91. The number of amides is 1. The Morgan fingerprint density at radius 1 is 1.35 bits per heavy atom. The maximum Gasteiger partial charge on any atom is 0.233 e. The van der Waals surface area contributed by atoms with Gasteiger partial charge in [0.1, 0.15) is 0 Å². The molecule has 1 atom stereocenters. The first-order valence-electron chi connectivity index (χ1n) is 8.01. The Balaban J connectivity index is 1.68. The molecule has 1 aliphatic heterocycles. The molecule has 0 N–H and O–H groups in total. The highest BCUT2D eigenvalue weighted by molar-refractivity contribution is 8.01. The molecule has 2 aliphatic rings. The number of sulfone groups is 1. The van der Waals surface area contributed by atoms with Crippen LogP contribution in [-0.4, -0.2) is 53.6 Å². The van der Waals surface area contributed by atoms with Crippen molar-refractivity contribution in [2.75, 3.05) is 17.3 Å². The first-order chi connectivity index (χ1) is 10.9. The van der Waals surface area contributed by atoms with Crippen LogP contribution in [-0.2, 0) is 14.6 Å². The molecular weight excluding hydrogens is 352 g/mol. The molecule has 3 rings (SSSR count). The predicted octanol–water partition coefficient (Wildman–Crippen LogP) is 2.50. The molecule has 1 saturated heterocycles. The summed E-state index contributed by atoms with van der Waals surface area (Å²) in [5, 5.41) is 1.98. The second kappa shape index (κ2) is 7.11. The zero-order valence-corrected chi connectivity index (χ0v) is 15.7. The Kier molecular flexibility index (Phi) is 5.32. The first kappa shape index (κ1) is 17.2. The molecule has 0 bridgehead atoms. The van der Waals surface area contributed by atoms with Crippen molar-refractivity contribution in [2.24, 2.45) is 0 Å². The number of carbonyl (C=O) groups is 1. The molecule has 0 spiro atoms. The van der Waals surface area contributed by atoms with E-state index >= 15 is 0 Å². The van der Waals surface area contributed by atoms with Crippen molar-refractivity contribution in [1.82, 2.24) is 9.88 Å². The van der Waals surface area contributed by atoms with Gasteiger partial charge < -0.3 is 4.90 Å². The molecule has 1 aromatic heterocycles. The van der Waals surface area contributed by atoms with E-state index in [0.29, 0.717) is 12.2 Å². The summed E-state index contributed by atoms with van der Waals surface area (Å²) in [4.78, 5) is 19.1. The molecule has 1 saturated carbocycles. The Morgan fingerprint density at radius 2 is 2.09 bits per heavy atom. The highest BCUT2D eigenvalue weighted by Gasteiger charge is 2.38. The second-order valence-corrected chi connectivity index (χ2v) is 10.6. The highest BCUT2D eigenvalue weighted by atomic mass is 32.2. The number of aryl methyl sites for hydroxylation is 1. The van der Waals surface area contributed by atoms with E-state index in [1.54, 1.807) is 11.3 Å². The standard InChI is InChI=1S/C15H22N2O3S3/c1-11-8-21-15(16-11)22-9-14(18)17(12-4-2-3-5-12)13-6-7-23(19,20)10-13/h8,12-13H,2-7,9-10H2,1H3/t13-/m0/s1. The number of rotatable bonds is 5. The van der Waals surface area contributed by atoms with E-state index in [0.717, 1.165) is 35.7 Å². The van der Waals surface area contributed by atoms with Crippen molar-refractivity contribution >= 4 is 38.8 Å². The van der Waals surface area contributed by atoms with Crippen molar-refractivity contribution in [2.45, 2.75) is 55.5 Å². The van der Waals surface area contributed by atoms with Crippen molar-refractivity contribution in [3.8, 4) is 0 Å². The number of hydrogen-bond acceptors (Lipinski definition) is 6. The maximum absolute atomic E-state index is 12.8. The van der Waals surface area contributed by atoms with E-state index < -0.39 is 9.84 Å². The van der Waals surface area contributed by atoms with Crippen molar-refractivity contribution < 1.29 is 13.2 Å². The predicted molar refractivity (Wildman–Crippen MR) is 93.7 cm³/mol. The van der Waals surface area contributed by atoms with Crippen molar-refractivity contribution in [1.29, 1.82) is 0 Å². The monoisotopic (exact) mass is 374 g/mol. The molecule has 0 unspecified atom stereocenters. The summed E-state index contributed by atoms with van der Waals surface area (Å²) in [5.41, 5.74) is 0.972. The summed E-state index contributed by atoms with van der Waals surface area (Å²) < 4.78 is 24.5. The lowest BCUT2D eigenvalue weighted by atomic mass is 10.1. The number of carbonyl (C=O) groups excluding carboxylic acids is 1. The third-order valence-electron chi connectivity index (χ3n) is 4.52. The Labute approximate surface area is 145 Å². The normalized spacial score (nSPS) is 24.1. The van der Waals surface area contributed by atoms with Gasteiger partial charge in [0.2, 0.25) is 5.91 Å². The highest BCUT2D eigenvalue weighted by Crippen LogP contribution is 2.31. The van der Waals surface area contributed by atoms with Gasteiger partial charge in [0.25, 0.3) is 0 Å². The summed E-state index contributed by atoms with van der Waals surface area (Å²) >= 11 is 3.01. The largest absolute Gasteiger partial charge is 0.335 e. The van der Waals surface area contributed by atoms with Crippen LogP contribution in [0.2, 0.25) is 0 Å². The number of aromatic nitrogens is 1. The van der Waals surface area contributed by atoms with Crippen LogP contribution < -0.4 is 0 Å². The molecule has 1 aliphatic carbocycles. The molecule has 5 nitrogen and oxygen atoms in total. The van der Waals surface area contributed by atoms with Gasteiger partial charge in [-0.1, -0.05) is 24.6 Å². The number of nitrogens with zero attached hydrogens (tertiary/aromatic N) is 2. The molecule has 23 heavy (non-hydrogen) atoms. The van der Waals surface area contributed by atoms with E-state index in [4.69, 9.17) is 0 Å². The van der Waals surface area contributed by atoms with Crippen LogP contribution in [0.25, 0.3) is 0 Å². The summed E-state index contributed by atoms with van der Waals surface area (Å²) in [6.07, 6.45) is 4.86. The van der Waals surface area contributed by atoms with E-state index in [9.17, 15) is 13.2 Å². The van der Waals surface area contributed by atoms with Crippen LogP contribution in [0.15, 0.2) is 9.72 Å². The zero-order valence-electron chi connectivity index (χ0n) is 13.2. The quantitative estimate of drug-likeness (QED) is 0.741. The van der Waals surface area contributed by atoms with Crippen LogP contribution in [0.3, 0.4) is 0 Å². The Morgan fingerprint density at radius 3 is 2.65 bits per heavy atom. The van der Waals surface area contributed by atoms with Gasteiger partial charge in [0.05, 0.1) is 17.3 Å². The minimum atomic E-state index is -2.98. The van der Waals surface area contributed by atoms with Gasteiger partial charge in [-0.25, -0.2) is 13.4 Å². The molecule has 2 fully saturated rings. The SMILES string of the molecule is Cc1csc(SCC(=O)N(C2CCCC2)[C@H]2CCS(=O)(=O)C2)n1. The van der Waals surface area contributed by atoms with Gasteiger partial charge in [-0.2, -0.15) is 0 Å². The van der Waals surface area contributed by atoms with Gasteiger partial charge in [-0.3, -0.25) is 4.79 Å². The lowest BCUT2D eigenvalue weighted by molar-refractivity contribution is -0.132. The van der Waals surface area contributed by atoms with Gasteiger partial charge in [-0.05, 0) is 26.2 Å². The van der Waals surface area contributed by atoms with E-state index in [-0.39, 0.29) is 29.5 Å². The summed E-state index contributed by atoms with van der Waals surface area (Å²) in [7, 11) is -2.98. The van der Waals surface area contributed by atoms with Crippen LogP contribution >= 0.6 is 23.1 Å². The average molecular weight is 375 g/mol. The molecule has 1 aromatic rings. The van der Waals surface area contributed by atoms with E-state index in [2.05, 4.69) is 4.98 Å². The van der Waals surface area contributed by atoms with Crippen LogP contribution in [0.5, 0.6) is 0 Å². The minimum Gasteiger partial charge on any atom is -0.335 e. The number of thioether (sulfide) groups is 1. The molecule has 0 radical (unpaired) electrons. The topological polar surface area (TPSA) is 67.3 Å². The minimum absolute atomic E-state index is 0.0665. The third kappa shape index (κ3) is 4.28. The summed E-state index contributed by atoms with van der Waals surface area (Å²) in [5.74, 6) is 0.764. The van der Waals surface area contributed by atoms with Gasteiger partial charge in [0.15, 0.2) is 14.2 Å². The van der Waals surface area contributed by atoms with Crippen LogP contribution in [0.1, 0.15) is 37.8 Å². The van der Waals surface area contributed by atoms with Gasteiger partial charge >= 0.3 is 0 Å². The summed E-state index contributed by atoms with van der Waals surface area (Å²) in [6.45, 7) is 1.94. The Hall–Kier alpha value is -0.600. The third-order valence-corrected chi connectivity index (χ3v) is 8.40. The second-order valence-electron chi connectivity index (χ2n) is 6.34. The smallest absolute Gasteiger partial charge is 0.233 e. The van der Waals surface area contributed by atoms with E-state index in [1.165, 1.54) is 11.8 Å². The molecule has 0 aromatic carbocycles. The van der Waals surface area contributed by atoms with E-state index in [1.807, 2.05) is 17.2 Å². The molecule has 1 amide bonds. The lowest BCUT2D eigenvalue weighted by Crippen LogP contribution is -2.47. The molecular formula is C15H22N2O3S3. The first-order valence-corrected chi connectivity index (χ1v) is 11.7. The maximum atomic E-state index is 12.8. The van der Waals surface area contributed by atoms with Gasteiger partial charge in [0, 0.05) is 23.2 Å². The van der Waals surface area contributed by atoms with Crippen molar-refractivity contribution in [3.05, 3.63) is 11.1 Å². The lowest BCUT2D eigenvalue weighted by Gasteiger charge is -2.34. The van der Waals surface area contributed by atoms with Gasteiger partial charge in [-0.15, -0.1) is 11.3 Å². The number of hydrogen-bond donors (Lipinski definition) is 0. The van der Waals surface area contributed by atoms with Crippen LogP contribution in [0, 0.1) is 6.92 Å². The Bertz CT molecular complexity index is 665. The van der Waals surface area contributed by atoms with Crippen molar-refractivity contribution in [3.63, 3.8) is 0 Å².